The maximum atomic E-state index is 13.3. The Labute approximate surface area is 96.2 Å². The van der Waals surface area contributed by atoms with Gasteiger partial charge in [-0.1, -0.05) is 39.5 Å². The lowest BCUT2D eigenvalue weighted by Gasteiger charge is -2.08. The smallest absolute Gasteiger partial charge is 0.247 e. The van der Waals surface area contributed by atoms with Crippen molar-refractivity contribution >= 4 is 11.6 Å². The number of aryl methyl sites for hydroxylation is 1. The fourth-order valence-corrected chi connectivity index (χ4v) is 1.18. The van der Waals surface area contributed by atoms with Gasteiger partial charge in [0.1, 0.15) is 5.82 Å². The van der Waals surface area contributed by atoms with Crippen LogP contribution in [-0.2, 0) is 11.2 Å². The third kappa shape index (κ3) is 3.85. The van der Waals surface area contributed by atoms with Crippen molar-refractivity contribution in [2.75, 3.05) is 5.32 Å². The fraction of sp³-hybridized carbons (Fsp3) is 0.308. The van der Waals surface area contributed by atoms with Gasteiger partial charge in [-0.25, -0.2) is 4.39 Å². The molecule has 1 aromatic carbocycles. The molecule has 0 aliphatic carbocycles. The number of hydrogen-bond acceptors (Lipinski definition) is 1. The number of rotatable bonds is 3. The van der Waals surface area contributed by atoms with Crippen LogP contribution in [0.15, 0.2) is 30.9 Å². The zero-order chi connectivity index (χ0) is 12.6. The Hall–Kier alpha value is -1.64. The van der Waals surface area contributed by atoms with E-state index in [1.807, 2.05) is 20.8 Å². The monoisotopic (exact) mass is 223 g/mol. The van der Waals surface area contributed by atoms with Crippen molar-refractivity contribution in [2.45, 2.75) is 27.2 Å². The number of halogens is 1. The van der Waals surface area contributed by atoms with Crippen LogP contribution in [0.2, 0.25) is 0 Å². The summed E-state index contributed by atoms with van der Waals surface area (Å²) in [5.74, 6) is -0.815. The van der Waals surface area contributed by atoms with Gasteiger partial charge in [-0.2, -0.15) is 0 Å². The first-order chi connectivity index (χ1) is 7.69. The molecule has 88 valence electrons. The van der Waals surface area contributed by atoms with Gasteiger partial charge in [0.2, 0.25) is 5.91 Å². The molecule has 0 unspecified atom stereocenters. The molecular weight excluding hydrogens is 205 g/mol. The van der Waals surface area contributed by atoms with Crippen LogP contribution in [0.4, 0.5) is 10.1 Å². The number of amides is 1. The van der Waals surface area contributed by atoms with E-state index in [0.29, 0.717) is 6.42 Å². The highest BCUT2D eigenvalue weighted by Crippen LogP contribution is 2.20. The fourth-order valence-electron chi connectivity index (χ4n) is 1.18. The van der Waals surface area contributed by atoms with Gasteiger partial charge >= 0.3 is 0 Å². The van der Waals surface area contributed by atoms with Crippen molar-refractivity contribution in [3.05, 3.63) is 42.2 Å². The van der Waals surface area contributed by atoms with Crippen molar-refractivity contribution in [3.8, 4) is 0 Å². The van der Waals surface area contributed by atoms with E-state index in [1.54, 1.807) is 12.1 Å². The number of anilines is 1. The Morgan fingerprint density at radius 2 is 2.12 bits per heavy atom. The van der Waals surface area contributed by atoms with Gasteiger partial charge in [-0.05, 0) is 24.1 Å². The van der Waals surface area contributed by atoms with Gasteiger partial charge in [-0.15, -0.1) is 0 Å². The summed E-state index contributed by atoms with van der Waals surface area (Å²) in [6, 6.07) is 4.72. The summed E-state index contributed by atoms with van der Waals surface area (Å²) in [6.07, 6.45) is 1.79. The predicted octanol–water partition coefficient (Wildman–Crippen LogP) is 3.54. The normalized spacial score (nSPS) is 8.75. The molecule has 0 fully saturated rings. The average molecular weight is 223 g/mol. The topological polar surface area (TPSA) is 29.1 Å². The van der Waals surface area contributed by atoms with Crippen LogP contribution >= 0.6 is 0 Å². The van der Waals surface area contributed by atoms with Crippen molar-refractivity contribution in [2.24, 2.45) is 0 Å². The van der Waals surface area contributed by atoms with E-state index in [1.165, 1.54) is 6.07 Å². The standard InChI is InChI=1S/C11H12FNO.C2H6/c1-3-8-6-5-7-9(12)11(8)13-10(14)4-2;1-2/h4-7H,2-3H2,1H3,(H,13,14);1-2H3. The van der Waals surface area contributed by atoms with Crippen LogP contribution in [-0.4, -0.2) is 5.91 Å². The summed E-state index contributed by atoms with van der Waals surface area (Å²) in [5, 5.41) is 2.45. The molecule has 0 aliphatic rings. The molecule has 0 saturated carbocycles. The molecule has 0 radical (unpaired) electrons. The number of benzene rings is 1. The molecule has 0 heterocycles. The van der Waals surface area contributed by atoms with Gasteiger partial charge in [0.15, 0.2) is 0 Å². The molecule has 1 aromatic rings. The quantitative estimate of drug-likeness (QED) is 0.780. The van der Waals surface area contributed by atoms with Gasteiger partial charge in [0.25, 0.3) is 0 Å². The van der Waals surface area contributed by atoms with Crippen LogP contribution in [0.3, 0.4) is 0 Å². The summed E-state index contributed by atoms with van der Waals surface area (Å²) < 4.78 is 13.3. The minimum atomic E-state index is -0.417. The highest BCUT2D eigenvalue weighted by atomic mass is 19.1. The Morgan fingerprint density at radius 1 is 1.50 bits per heavy atom. The molecule has 16 heavy (non-hydrogen) atoms. The largest absolute Gasteiger partial charge is 0.320 e. The molecule has 0 aromatic heterocycles. The number of hydrogen-bond donors (Lipinski definition) is 1. The van der Waals surface area contributed by atoms with E-state index < -0.39 is 11.7 Å². The minimum Gasteiger partial charge on any atom is -0.320 e. The Bertz CT molecular complexity index is 361. The van der Waals surface area contributed by atoms with E-state index in [-0.39, 0.29) is 5.69 Å². The Balaban J connectivity index is 0.00000106. The Morgan fingerprint density at radius 3 is 2.62 bits per heavy atom. The molecule has 2 nitrogen and oxygen atoms in total. The van der Waals surface area contributed by atoms with Crippen molar-refractivity contribution < 1.29 is 9.18 Å². The van der Waals surface area contributed by atoms with Gasteiger partial charge in [0.05, 0.1) is 5.69 Å². The first-order valence-electron chi connectivity index (χ1n) is 5.39. The maximum absolute atomic E-state index is 13.3. The van der Waals surface area contributed by atoms with E-state index in [2.05, 4.69) is 11.9 Å². The lowest BCUT2D eigenvalue weighted by Crippen LogP contribution is -2.10. The Kier molecular flexibility index (Phi) is 6.84. The molecule has 1 amide bonds. The maximum Gasteiger partial charge on any atom is 0.247 e. The van der Waals surface area contributed by atoms with E-state index >= 15 is 0 Å². The lowest BCUT2D eigenvalue weighted by atomic mass is 10.1. The van der Waals surface area contributed by atoms with E-state index in [4.69, 9.17) is 0 Å². The second-order valence-corrected chi connectivity index (χ2v) is 2.82. The number of carbonyl (C=O) groups excluding carboxylic acids is 1. The molecule has 1 N–H and O–H groups in total. The van der Waals surface area contributed by atoms with Crippen molar-refractivity contribution in [1.29, 1.82) is 0 Å². The number of nitrogens with one attached hydrogen (secondary N) is 1. The van der Waals surface area contributed by atoms with Crippen LogP contribution in [0.1, 0.15) is 26.3 Å². The highest BCUT2D eigenvalue weighted by Gasteiger charge is 2.08. The zero-order valence-electron chi connectivity index (χ0n) is 10.0. The molecule has 0 bridgehead atoms. The van der Waals surface area contributed by atoms with E-state index in [9.17, 15) is 9.18 Å². The predicted molar refractivity (Wildman–Crippen MR) is 66.0 cm³/mol. The highest BCUT2D eigenvalue weighted by molar-refractivity contribution is 5.99. The molecular formula is C13H18FNO. The molecule has 0 atom stereocenters. The molecule has 3 heteroatoms. The number of para-hydroxylation sites is 1. The van der Waals surface area contributed by atoms with Gasteiger partial charge in [0, 0.05) is 0 Å². The zero-order valence-corrected chi connectivity index (χ0v) is 10.0. The third-order valence-electron chi connectivity index (χ3n) is 1.91. The molecule has 1 rings (SSSR count). The SMILES string of the molecule is C=CC(=O)Nc1c(F)cccc1CC.CC. The summed E-state index contributed by atoms with van der Waals surface area (Å²) in [7, 11) is 0. The summed E-state index contributed by atoms with van der Waals surface area (Å²) in [4.78, 5) is 11.0. The summed E-state index contributed by atoms with van der Waals surface area (Å²) >= 11 is 0. The van der Waals surface area contributed by atoms with E-state index in [0.717, 1.165) is 11.6 Å². The molecule has 0 saturated heterocycles. The first-order valence-corrected chi connectivity index (χ1v) is 5.39. The summed E-state index contributed by atoms with van der Waals surface area (Å²) in [5.41, 5.74) is 1.03. The van der Waals surface area contributed by atoms with Crippen molar-refractivity contribution in [3.63, 3.8) is 0 Å². The van der Waals surface area contributed by atoms with Crippen LogP contribution < -0.4 is 5.32 Å². The molecule has 0 aliphatic heterocycles. The van der Waals surface area contributed by atoms with Crippen LogP contribution in [0, 0.1) is 5.82 Å². The van der Waals surface area contributed by atoms with Crippen molar-refractivity contribution in [1.82, 2.24) is 0 Å². The average Bonchev–Trinajstić information content (AvgIpc) is 2.34. The lowest BCUT2D eigenvalue weighted by molar-refractivity contribution is -0.111. The first kappa shape index (κ1) is 14.4. The van der Waals surface area contributed by atoms with Crippen LogP contribution in [0.25, 0.3) is 0 Å². The second kappa shape index (κ2) is 7.63. The summed E-state index contributed by atoms with van der Waals surface area (Å²) in [6.45, 7) is 9.21. The van der Waals surface area contributed by atoms with Crippen LogP contribution in [0.5, 0.6) is 0 Å². The third-order valence-corrected chi connectivity index (χ3v) is 1.91. The van der Waals surface area contributed by atoms with Gasteiger partial charge < -0.3 is 5.32 Å². The second-order valence-electron chi connectivity index (χ2n) is 2.82. The minimum absolute atomic E-state index is 0.250. The molecule has 0 spiro atoms. The number of carbonyl (C=O) groups is 1. The van der Waals surface area contributed by atoms with Gasteiger partial charge in [-0.3, -0.25) is 4.79 Å².